The Balaban J connectivity index is 1.40. The number of fused-ring (bicyclic) bond motifs is 1. The Labute approximate surface area is 209 Å². The van der Waals surface area contributed by atoms with E-state index in [4.69, 9.17) is 16.3 Å². The van der Waals surface area contributed by atoms with E-state index in [1.807, 2.05) is 48.5 Å². The Morgan fingerprint density at radius 1 is 1.17 bits per heavy atom. The van der Waals surface area contributed by atoms with Crippen LogP contribution in [0, 0.1) is 0 Å². The van der Waals surface area contributed by atoms with Crippen LogP contribution in [0.4, 0.5) is 0 Å². The Morgan fingerprint density at radius 3 is 2.83 bits per heavy atom. The lowest BCUT2D eigenvalue weighted by Gasteiger charge is -2.26. The van der Waals surface area contributed by atoms with E-state index in [0.29, 0.717) is 23.1 Å². The summed E-state index contributed by atoms with van der Waals surface area (Å²) in [7, 11) is 0. The van der Waals surface area contributed by atoms with Gasteiger partial charge in [0.1, 0.15) is 5.75 Å². The third-order valence-electron chi connectivity index (χ3n) is 6.66. The maximum Gasteiger partial charge on any atom is 0.368 e. The van der Waals surface area contributed by atoms with E-state index in [9.17, 15) is 9.90 Å². The standard InChI is InChI=1S/C29H27ClN2O3/c1-19-7-4-13-26-24(19)12-6-14-27(26)35-28(29(33)34)32-18-20(17-31-32)15-21-8-2-3-11-25(21)22-9-5-10-23(30)16-22/h2-3,5-6,8-12,14,16-19,28H,4,7,13,15H2,1H3,(H,33,34). The van der Waals surface area contributed by atoms with Crippen molar-refractivity contribution in [2.45, 2.75) is 44.8 Å². The molecular weight excluding hydrogens is 460 g/mol. The minimum absolute atomic E-state index is 0.446. The quantitative estimate of drug-likeness (QED) is 0.308. The molecule has 5 rings (SSSR count). The third-order valence-corrected chi connectivity index (χ3v) is 6.89. The zero-order valence-electron chi connectivity index (χ0n) is 19.5. The maximum absolute atomic E-state index is 12.2. The van der Waals surface area contributed by atoms with E-state index < -0.39 is 12.2 Å². The van der Waals surface area contributed by atoms with E-state index in [0.717, 1.165) is 47.1 Å². The first kappa shape index (κ1) is 23.2. The molecule has 5 nitrogen and oxygen atoms in total. The molecule has 0 fully saturated rings. The molecule has 178 valence electrons. The van der Waals surface area contributed by atoms with Crippen molar-refractivity contribution in [2.75, 3.05) is 0 Å². The van der Waals surface area contributed by atoms with Gasteiger partial charge in [-0.1, -0.05) is 67.1 Å². The molecule has 1 aliphatic rings. The summed E-state index contributed by atoms with van der Waals surface area (Å²) in [6, 6.07) is 21.8. The van der Waals surface area contributed by atoms with Crippen LogP contribution in [-0.2, 0) is 17.6 Å². The van der Waals surface area contributed by atoms with Gasteiger partial charge in [0, 0.05) is 17.6 Å². The molecule has 4 aromatic rings. The summed E-state index contributed by atoms with van der Waals surface area (Å²) in [5, 5.41) is 15.0. The van der Waals surface area contributed by atoms with Gasteiger partial charge in [0.25, 0.3) is 6.23 Å². The molecule has 35 heavy (non-hydrogen) atoms. The molecule has 1 aromatic heterocycles. The van der Waals surface area contributed by atoms with Crippen LogP contribution >= 0.6 is 11.6 Å². The van der Waals surface area contributed by atoms with Crippen molar-refractivity contribution < 1.29 is 14.6 Å². The predicted molar refractivity (Wildman–Crippen MR) is 137 cm³/mol. The Bertz CT molecular complexity index is 1360. The molecule has 0 spiro atoms. The fourth-order valence-corrected chi connectivity index (χ4v) is 5.12. The number of carbonyl (C=O) groups is 1. The average Bonchev–Trinajstić information content (AvgIpc) is 3.31. The molecule has 0 amide bonds. The van der Waals surface area contributed by atoms with E-state index in [1.165, 1.54) is 10.2 Å². The zero-order chi connectivity index (χ0) is 24.4. The highest BCUT2D eigenvalue weighted by molar-refractivity contribution is 6.30. The number of carboxylic acids is 1. The molecule has 3 aromatic carbocycles. The van der Waals surface area contributed by atoms with Crippen molar-refractivity contribution in [3.05, 3.63) is 106 Å². The van der Waals surface area contributed by atoms with Gasteiger partial charge in [-0.2, -0.15) is 5.10 Å². The fourth-order valence-electron chi connectivity index (χ4n) is 4.93. The molecule has 0 saturated heterocycles. The van der Waals surface area contributed by atoms with Crippen molar-refractivity contribution in [2.24, 2.45) is 0 Å². The zero-order valence-corrected chi connectivity index (χ0v) is 20.3. The van der Waals surface area contributed by atoms with Crippen LogP contribution < -0.4 is 4.74 Å². The van der Waals surface area contributed by atoms with Gasteiger partial charge < -0.3 is 9.84 Å². The summed E-state index contributed by atoms with van der Waals surface area (Å²) in [4.78, 5) is 12.2. The van der Waals surface area contributed by atoms with Gasteiger partial charge in [0.05, 0.1) is 6.20 Å². The van der Waals surface area contributed by atoms with Crippen LogP contribution in [0.2, 0.25) is 5.02 Å². The lowest BCUT2D eigenvalue weighted by Crippen LogP contribution is -2.26. The van der Waals surface area contributed by atoms with Crippen LogP contribution in [-0.4, -0.2) is 20.9 Å². The maximum atomic E-state index is 12.2. The average molecular weight is 487 g/mol. The van der Waals surface area contributed by atoms with E-state index in [2.05, 4.69) is 30.2 Å². The fraction of sp³-hybridized carbons (Fsp3) is 0.241. The van der Waals surface area contributed by atoms with E-state index in [1.54, 1.807) is 12.4 Å². The molecule has 0 bridgehead atoms. The second-order valence-corrected chi connectivity index (χ2v) is 9.53. The highest BCUT2D eigenvalue weighted by Crippen LogP contribution is 2.37. The molecular formula is C29H27ClN2O3. The summed E-state index contributed by atoms with van der Waals surface area (Å²) < 4.78 is 7.46. The molecule has 6 heteroatoms. The first-order valence-corrected chi connectivity index (χ1v) is 12.3. The lowest BCUT2D eigenvalue weighted by atomic mass is 9.83. The summed E-state index contributed by atoms with van der Waals surface area (Å²) in [5.41, 5.74) is 6.48. The number of hydrogen-bond acceptors (Lipinski definition) is 3. The van der Waals surface area contributed by atoms with Gasteiger partial charge in [-0.25, -0.2) is 9.48 Å². The van der Waals surface area contributed by atoms with Gasteiger partial charge in [-0.15, -0.1) is 0 Å². The third kappa shape index (κ3) is 4.96. The van der Waals surface area contributed by atoms with Crippen molar-refractivity contribution >= 4 is 17.6 Å². The minimum Gasteiger partial charge on any atom is -0.477 e. The first-order chi connectivity index (χ1) is 17.0. The number of halogens is 1. The van der Waals surface area contributed by atoms with Gasteiger partial charge in [-0.3, -0.25) is 0 Å². The van der Waals surface area contributed by atoms with Gasteiger partial charge in [0.2, 0.25) is 0 Å². The van der Waals surface area contributed by atoms with E-state index in [-0.39, 0.29) is 0 Å². The molecule has 2 unspecified atom stereocenters. The van der Waals surface area contributed by atoms with Crippen molar-refractivity contribution in [1.82, 2.24) is 9.78 Å². The molecule has 2 atom stereocenters. The molecule has 1 aliphatic carbocycles. The molecule has 0 radical (unpaired) electrons. The number of carboxylic acid groups (broad SMARTS) is 1. The molecule has 0 saturated carbocycles. The smallest absolute Gasteiger partial charge is 0.368 e. The lowest BCUT2D eigenvalue weighted by molar-refractivity contribution is -0.150. The number of ether oxygens (including phenoxy) is 1. The number of hydrogen-bond donors (Lipinski definition) is 1. The number of aromatic nitrogens is 2. The second kappa shape index (κ2) is 9.96. The number of rotatable bonds is 7. The van der Waals surface area contributed by atoms with Gasteiger partial charge >= 0.3 is 5.97 Å². The van der Waals surface area contributed by atoms with Crippen molar-refractivity contribution in [3.8, 4) is 16.9 Å². The van der Waals surface area contributed by atoms with Crippen LogP contribution in [0.25, 0.3) is 11.1 Å². The molecule has 1 N–H and O–H groups in total. The highest BCUT2D eigenvalue weighted by atomic mass is 35.5. The topological polar surface area (TPSA) is 64.3 Å². The SMILES string of the molecule is CC1CCCc2c(OC(C(=O)O)n3cc(Cc4ccccc4-c4cccc(Cl)c4)cn3)cccc21. The monoisotopic (exact) mass is 486 g/mol. The molecule has 0 aliphatic heterocycles. The summed E-state index contributed by atoms with van der Waals surface area (Å²) in [6.45, 7) is 2.21. The minimum atomic E-state index is -1.24. The van der Waals surface area contributed by atoms with E-state index >= 15 is 0 Å². The Morgan fingerprint density at radius 2 is 2.00 bits per heavy atom. The second-order valence-electron chi connectivity index (χ2n) is 9.10. The van der Waals surface area contributed by atoms with Crippen LogP contribution in [0.15, 0.2) is 79.1 Å². The Hall–Kier alpha value is -3.57. The summed E-state index contributed by atoms with van der Waals surface area (Å²) in [5.74, 6) is -0.00770. The van der Waals surface area contributed by atoms with Crippen LogP contribution in [0.1, 0.15) is 54.2 Å². The summed E-state index contributed by atoms with van der Waals surface area (Å²) >= 11 is 6.21. The summed E-state index contributed by atoms with van der Waals surface area (Å²) in [6.07, 6.45) is 5.93. The number of benzene rings is 3. The van der Waals surface area contributed by atoms with Crippen LogP contribution in [0.5, 0.6) is 5.75 Å². The predicted octanol–water partition coefficient (Wildman–Crippen LogP) is 6.90. The number of nitrogens with zero attached hydrogens (tertiary/aromatic N) is 2. The van der Waals surface area contributed by atoms with Crippen molar-refractivity contribution in [3.63, 3.8) is 0 Å². The van der Waals surface area contributed by atoms with Gasteiger partial charge in [-0.05, 0) is 76.8 Å². The first-order valence-electron chi connectivity index (χ1n) is 11.9. The van der Waals surface area contributed by atoms with Crippen LogP contribution in [0.3, 0.4) is 0 Å². The molecule has 1 heterocycles. The van der Waals surface area contributed by atoms with Gasteiger partial charge in [0.15, 0.2) is 0 Å². The Kier molecular flexibility index (Phi) is 6.60. The largest absolute Gasteiger partial charge is 0.477 e. The number of aliphatic carboxylic acids is 1. The van der Waals surface area contributed by atoms with Crippen molar-refractivity contribution in [1.29, 1.82) is 0 Å². The normalized spacial score (nSPS) is 15.9. The highest BCUT2D eigenvalue weighted by Gasteiger charge is 2.26.